The van der Waals surface area contributed by atoms with Crippen molar-refractivity contribution in [1.82, 2.24) is 24.6 Å². The van der Waals surface area contributed by atoms with Gasteiger partial charge in [0.25, 0.3) is 11.5 Å². The molecule has 1 aromatic heterocycles. The summed E-state index contributed by atoms with van der Waals surface area (Å²) in [6, 6.07) is 8.58. The van der Waals surface area contributed by atoms with Crippen molar-refractivity contribution in [2.45, 2.75) is 152 Å². The van der Waals surface area contributed by atoms with Gasteiger partial charge in [0.15, 0.2) is 0 Å². The molecule has 284 valence electrons. The molecule has 6 heterocycles. The van der Waals surface area contributed by atoms with Gasteiger partial charge in [-0.1, -0.05) is 43.6 Å². The number of benzene rings is 1. The SMILES string of the molecule is O=C1CCC(N2Cc3c(C#CCCCCCCn4ccc([C@@H]5CN(C(=O)[C@@H]6CC[C@@H]7CCCCCC(=O)N76)C6(CC6)C5)cc4=O)cccc3C2=O)C(=O)N1. The molecule has 2 aromatic rings. The van der Waals surface area contributed by atoms with Gasteiger partial charge in [0, 0.05) is 79.8 Å². The summed E-state index contributed by atoms with van der Waals surface area (Å²) in [5, 5.41) is 2.35. The van der Waals surface area contributed by atoms with Gasteiger partial charge in [-0.25, -0.2) is 0 Å². The number of fused-ring (bicyclic) bond motifs is 2. The Hall–Kier alpha value is -4.72. The monoisotopic (exact) mass is 733 g/mol. The highest BCUT2D eigenvalue weighted by Crippen LogP contribution is 2.54. The van der Waals surface area contributed by atoms with Crippen molar-refractivity contribution in [1.29, 1.82) is 0 Å². The Morgan fingerprint density at radius 1 is 0.907 bits per heavy atom. The molecule has 11 heteroatoms. The van der Waals surface area contributed by atoms with E-state index in [0.717, 1.165) is 107 Å². The lowest BCUT2D eigenvalue weighted by molar-refractivity contribution is -0.147. The van der Waals surface area contributed by atoms with E-state index in [-0.39, 0.29) is 59.1 Å². The molecule has 1 aromatic carbocycles. The van der Waals surface area contributed by atoms with Gasteiger partial charge in [-0.05, 0) is 93.5 Å². The van der Waals surface area contributed by atoms with E-state index in [1.165, 1.54) is 0 Å². The van der Waals surface area contributed by atoms with Gasteiger partial charge in [0.1, 0.15) is 12.1 Å². The number of aryl methyl sites for hydroxylation is 1. The molecule has 1 aliphatic carbocycles. The van der Waals surface area contributed by atoms with Gasteiger partial charge in [-0.15, -0.1) is 0 Å². The molecule has 1 spiro atoms. The van der Waals surface area contributed by atoms with Crippen LogP contribution in [0.1, 0.15) is 142 Å². The van der Waals surface area contributed by atoms with Crippen molar-refractivity contribution in [3.8, 4) is 11.8 Å². The van der Waals surface area contributed by atoms with E-state index in [1.807, 2.05) is 23.2 Å². The highest BCUT2D eigenvalue weighted by atomic mass is 16.2. The third kappa shape index (κ3) is 7.12. The Bertz CT molecular complexity index is 1970. The Labute approximate surface area is 316 Å². The van der Waals surface area contributed by atoms with Crippen LogP contribution in [0.5, 0.6) is 0 Å². The topological polar surface area (TPSA) is 129 Å². The van der Waals surface area contributed by atoms with Gasteiger partial charge < -0.3 is 19.3 Å². The molecule has 5 aliphatic heterocycles. The fourth-order valence-electron chi connectivity index (χ4n) is 9.81. The normalized spacial score (nSPS) is 25.9. The molecule has 4 saturated heterocycles. The summed E-state index contributed by atoms with van der Waals surface area (Å²) in [5.74, 6) is 6.01. The van der Waals surface area contributed by atoms with Crippen LogP contribution in [0.4, 0.5) is 0 Å². The van der Waals surface area contributed by atoms with Crippen LogP contribution >= 0.6 is 0 Å². The van der Waals surface area contributed by atoms with Crippen LogP contribution in [0, 0.1) is 11.8 Å². The Morgan fingerprint density at radius 2 is 1.76 bits per heavy atom. The van der Waals surface area contributed by atoms with Crippen molar-refractivity contribution < 1.29 is 24.0 Å². The van der Waals surface area contributed by atoms with Crippen LogP contribution in [0.3, 0.4) is 0 Å². The minimum absolute atomic E-state index is 0.00268. The number of rotatable bonds is 9. The van der Waals surface area contributed by atoms with Crippen LogP contribution in [0.25, 0.3) is 0 Å². The number of carbonyl (C=O) groups is 5. The third-order valence-corrected chi connectivity index (χ3v) is 12.9. The summed E-state index contributed by atoms with van der Waals surface area (Å²) in [6.45, 7) is 1.60. The standard InChI is InChI=1S/C43H51N5O6/c49-37-19-18-35(40(52)44-37)46-28-34-29(12-10-14-33(34)41(46)53)11-6-3-1-2-4-9-23-45-24-20-30(25-39(45)51)31-26-43(21-22-43)47(27-31)42(54)36-17-16-32-13-7-5-8-15-38(50)48(32)36/h10,12,14,20,24-25,31-32,35-36H,1-5,7-9,13,15-19,21-23,26-28H2,(H,44,49,52)/t31-,32-,35?,36-/m0/s1. The molecule has 4 atom stereocenters. The molecule has 0 bridgehead atoms. The number of amides is 5. The third-order valence-electron chi connectivity index (χ3n) is 12.9. The number of aromatic nitrogens is 1. The maximum Gasteiger partial charge on any atom is 0.255 e. The molecule has 8 rings (SSSR count). The van der Waals surface area contributed by atoms with E-state index < -0.39 is 11.9 Å². The number of nitrogens with zero attached hydrogens (tertiary/aromatic N) is 4. The summed E-state index contributed by atoms with van der Waals surface area (Å²) < 4.78 is 1.79. The second-order valence-electron chi connectivity index (χ2n) is 16.4. The molecule has 0 radical (unpaired) electrons. The number of imide groups is 1. The lowest BCUT2D eigenvalue weighted by Crippen LogP contribution is -2.52. The number of likely N-dealkylation sites (tertiary alicyclic amines) is 1. The molecular formula is C43H51N5O6. The van der Waals surface area contributed by atoms with Crippen LogP contribution in [-0.2, 0) is 32.3 Å². The first-order chi connectivity index (χ1) is 26.2. The average molecular weight is 734 g/mol. The molecule has 11 nitrogen and oxygen atoms in total. The zero-order chi connectivity index (χ0) is 37.4. The Kier molecular flexibility index (Phi) is 10.2. The van der Waals surface area contributed by atoms with Crippen molar-refractivity contribution >= 4 is 29.5 Å². The summed E-state index contributed by atoms with van der Waals surface area (Å²) in [7, 11) is 0. The van der Waals surface area contributed by atoms with Crippen molar-refractivity contribution in [3.05, 3.63) is 69.1 Å². The second kappa shape index (κ2) is 15.2. The highest BCUT2D eigenvalue weighted by molar-refractivity contribution is 6.05. The maximum absolute atomic E-state index is 14.1. The van der Waals surface area contributed by atoms with Crippen molar-refractivity contribution in [2.75, 3.05) is 6.54 Å². The smallest absolute Gasteiger partial charge is 0.255 e. The van der Waals surface area contributed by atoms with Gasteiger partial charge >= 0.3 is 0 Å². The summed E-state index contributed by atoms with van der Waals surface area (Å²) >= 11 is 0. The molecule has 5 amide bonds. The van der Waals surface area contributed by atoms with E-state index in [1.54, 1.807) is 21.6 Å². The van der Waals surface area contributed by atoms with Crippen LogP contribution in [0.2, 0.25) is 0 Å². The number of hydrogen-bond donors (Lipinski definition) is 1. The zero-order valence-electron chi connectivity index (χ0n) is 31.2. The molecule has 1 saturated carbocycles. The van der Waals surface area contributed by atoms with Crippen LogP contribution in [0.15, 0.2) is 41.3 Å². The van der Waals surface area contributed by atoms with E-state index in [9.17, 15) is 28.8 Å². The first-order valence-corrected chi connectivity index (χ1v) is 20.3. The fourth-order valence-corrected chi connectivity index (χ4v) is 9.81. The van der Waals surface area contributed by atoms with Gasteiger partial charge in [-0.3, -0.25) is 34.1 Å². The lowest BCUT2D eigenvalue weighted by Gasteiger charge is -2.35. The van der Waals surface area contributed by atoms with E-state index in [0.29, 0.717) is 38.0 Å². The molecular weight excluding hydrogens is 683 g/mol. The van der Waals surface area contributed by atoms with E-state index in [2.05, 4.69) is 28.1 Å². The summed E-state index contributed by atoms with van der Waals surface area (Å²) in [5.41, 5.74) is 3.12. The van der Waals surface area contributed by atoms with Crippen LogP contribution < -0.4 is 10.9 Å². The number of nitrogens with one attached hydrogen (secondary N) is 1. The maximum atomic E-state index is 14.1. The predicted molar refractivity (Wildman–Crippen MR) is 201 cm³/mol. The van der Waals surface area contributed by atoms with E-state index >= 15 is 0 Å². The molecule has 54 heavy (non-hydrogen) atoms. The van der Waals surface area contributed by atoms with Crippen molar-refractivity contribution in [3.63, 3.8) is 0 Å². The number of piperidine rings is 1. The quantitative estimate of drug-likeness (QED) is 0.225. The largest absolute Gasteiger partial charge is 0.335 e. The number of hydrogen-bond acceptors (Lipinski definition) is 6. The molecule has 5 fully saturated rings. The first kappa shape index (κ1) is 36.3. The molecule has 1 N–H and O–H groups in total. The van der Waals surface area contributed by atoms with Crippen molar-refractivity contribution in [2.24, 2.45) is 0 Å². The Morgan fingerprint density at radius 3 is 2.57 bits per heavy atom. The highest BCUT2D eigenvalue weighted by Gasteiger charge is 2.58. The average Bonchev–Trinajstić information content (AvgIpc) is 3.46. The number of unbranched alkanes of at least 4 members (excludes halogenated alkanes) is 4. The zero-order valence-corrected chi connectivity index (χ0v) is 31.2. The lowest BCUT2D eigenvalue weighted by atomic mass is 9.96. The second-order valence-corrected chi connectivity index (χ2v) is 16.4. The van der Waals surface area contributed by atoms with E-state index in [4.69, 9.17) is 0 Å². The number of pyridine rings is 1. The summed E-state index contributed by atoms with van der Waals surface area (Å²) in [6.07, 6.45) is 16.3. The number of carbonyl (C=O) groups excluding carboxylic acids is 5. The molecule has 1 unspecified atom stereocenters. The molecule has 6 aliphatic rings. The van der Waals surface area contributed by atoms with Gasteiger partial charge in [0.2, 0.25) is 23.6 Å². The minimum atomic E-state index is -0.643. The predicted octanol–water partition coefficient (Wildman–Crippen LogP) is 4.78. The Balaban J connectivity index is 0.796. The fraction of sp³-hybridized carbons (Fsp3) is 0.581. The minimum Gasteiger partial charge on any atom is -0.335 e. The van der Waals surface area contributed by atoms with Gasteiger partial charge in [-0.2, -0.15) is 0 Å². The van der Waals surface area contributed by atoms with Crippen LogP contribution in [-0.4, -0.2) is 79.0 Å². The van der Waals surface area contributed by atoms with Gasteiger partial charge in [0.05, 0.1) is 0 Å². The first-order valence-electron chi connectivity index (χ1n) is 20.3. The summed E-state index contributed by atoms with van der Waals surface area (Å²) in [4.78, 5) is 83.0.